The molecule has 0 saturated carbocycles. The van der Waals surface area contributed by atoms with Crippen molar-refractivity contribution in [3.05, 3.63) is 41.3 Å². The third kappa shape index (κ3) is 1.55. The van der Waals surface area contributed by atoms with E-state index in [1.807, 2.05) is 5.48 Å². The average molecular weight is 268 g/mol. The molecule has 0 aliphatic rings. The van der Waals surface area contributed by atoms with Crippen LogP contribution in [0.15, 0.2) is 41.6 Å². The standard InChI is InChI=1S/C14H10N2O4/c17-13-8-5-4-7(15-19)6-10(8)14(18)12-9(13)2-1-3-11(12)16-20/h1-6,15,17-19H/p-2. The molecule has 0 bridgehead atoms. The van der Waals surface area contributed by atoms with Crippen LogP contribution in [-0.4, -0.2) is 5.21 Å². The van der Waals surface area contributed by atoms with Crippen LogP contribution in [0.1, 0.15) is 0 Å². The Morgan fingerprint density at radius 3 is 2.50 bits per heavy atom. The molecule has 0 saturated heterocycles. The predicted molar refractivity (Wildman–Crippen MR) is 71.2 cm³/mol. The van der Waals surface area contributed by atoms with Gasteiger partial charge < -0.3 is 10.2 Å². The van der Waals surface area contributed by atoms with Crippen molar-refractivity contribution in [2.45, 2.75) is 0 Å². The van der Waals surface area contributed by atoms with Gasteiger partial charge in [-0.15, -0.1) is 4.91 Å². The Labute approximate surface area is 112 Å². The van der Waals surface area contributed by atoms with Crippen LogP contribution in [-0.2, 0) is 0 Å². The molecule has 3 rings (SSSR count). The van der Waals surface area contributed by atoms with Gasteiger partial charge >= 0.3 is 0 Å². The summed E-state index contributed by atoms with van der Waals surface area (Å²) in [6.07, 6.45) is 0. The summed E-state index contributed by atoms with van der Waals surface area (Å²) < 4.78 is 0. The SMILES string of the molecule is O=Nc1cccc2c([O-])c3ccc(NO)cc3c([O-])c12. The first kappa shape index (κ1) is 12.2. The van der Waals surface area contributed by atoms with E-state index in [4.69, 9.17) is 5.21 Å². The van der Waals surface area contributed by atoms with Crippen LogP contribution in [0.5, 0.6) is 11.5 Å². The molecule has 20 heavy (non-hydrogen) atoms. The molecule has 0 aromatic heterocycles. The smallest absolute Gasteiger partial charge is 0.115 e. The molecule has 0 fully saturated rings. The zero-order valence-electron chi connectivity index (χ0n) is 10.1. The number of anilines is 1. The minimum atomic E-state index is -0.457. The maximum absolute atomic E-state index is 12.4. The van der Waals surface area contributed by atoms with E-state index in [9.17, 15) is 15.1 Å². The second-order valence-corrected chi connectivity index (χ2v) is 4.32. The molecule has 0 amide bonds. The lowest BCUT2D eigenvalue weighted by Gasteiger charge is -2.23. The second-order valence-electron chi connectivity index (χ2n) is 4.32. The highest BCUT2D eigenvalue weighted by Gasteiger charge is 2.08. The molecule has 0 atom stereocenters. The van der Waals surface area contributed by atoms with Gasteiger partial charge in [-0.2, -0.15) is 0 Å². The summed E-state index contributed by atoms with van der Waals surface area (Å²) in [5, 5.41) is 37.0. The molecule has 100 valence electrons. The first-order valence-corrected chi connectivity index (χ1v) is 5.77. The highest BCUT2D eigenvalue weighted by Crippen LogP contribution is 2.43. The van der Waals surface area contributed by atoms with Gasteiger partial charge in [-0.3, -0.25) is 10.7 Å². The van der Waals surface area contributed by atoms with Crippen LogP contribution in [0.25, 0.3) is 21.5 Å². The zero-order valence-corrected chi connectivity index (χ0v) is 10.1. The van der Waals surface area contributed by atoms with Gasteiger partial charge in [0.25, 0.3) is 0 Å². The summed E-state index contributed by atoms with van der Waals surface area (Å²) in [6.45, 7) is 0. The molecule has 0 heterocycles. The Bertz CT molecular complexity index is 846. The molecular formula is C14H8N2O4-2. The van der Waals surface area contributed by atoms with Crippen molar-refractivity contribution < 1.29 is 15.4 Å². The average Bonchev–Trinajstić information content (AvgIpc) is 2.51. The highest BCUT2D eigenvalue weighted by atomic mass is 16.5. The lowest BCUT2D eigenvalue weighted by molar-refractivity contribution is -0.267. The van der Waals surface area contributed by atoms with Gasteiger partial charge in [0.1, 0.15) is 5.69 Å². The molecule has 0 aliphatic carbocycles. The van der Waals surface area contributed by atoms with Crippen LogP contribution in [0.2, 0.25) is 0 Å². The highest BCUT2D eigenvalue weighted by molar-refractivity contribution is 6.14. The van der Waals surface area contributed by atoms with Crippen molar-refractivity contribution in [3.8, 4) is 11.5 Å². The number of benzene rings is 3. The normalized spacial score (nSPS) is 10.8. The zero-order chi connectivity index (χ0) is 14.3. The predicted octanol–water partition coefficient (Wildman–Crippen LogP) is 2.34. The van der Waals surface area contributed by atoms with E-state index in [0.717, 1.165) is 0 Å². The molecule has 0 unspecified atom stereocenters. The van der Waals surface area contributed by atoms with Crippen molar-refractivity contribution in [2.75, 3.05) is 5.48 Å². The third-order valence-corrected chi connectivity index (χ3v) is 3.25. The number of nitrogens with one attached hydrogen (secondary N) is 1. The fourth-order valence-electron chi connectivity index (χ4n) is 2.32. The summed E-state index contributed by atoms with van der Waals surface area (Å²) in [5.74, 6) is -0.800. The fourth-order valence-corrected chi connectivity index (χ4v) is 2.32. The number of nitroso groups, excluding NO2 is 1. The van der Waals surface area contributed by atoms with Gasteiger partial charge in [0.05, 0.1) is 5.69 Å². The molecule has 6 nitrogen and oxygen atoms in total. The summed E-state index contributed by atoms with van der Waals surface area (Å²) in [7, 11) is 0. The monoisotopic (exact) mass is 268 g/mol. The number of rotatable bonds is 2. The van der Waals surface area contributed by atoms with E-state index in [2.05, 4.69) is 5.18 Å². The van der Waals surface area contributed by atoms with Crippen molar-refractivity contribution in [1.82, 2.24) is 0 Å². The molecule has 6 heteroatoms. The summed E-state index contributed by atoms with van der Waals surface area (Å²) >= 11 is 0. The molecule has 3 aromatic rings. The van der Waals surface area contributed by atoms with Gasteiger partial charge in [-0.25, -0.2) is 0 Å². The van der Waals surface area contributed by atoms with Crippen LogP contribution >= 0.6 is 0 Å². The topological polar surface area (TPSA) is 108 Å². The Balaban J connectivity index is 2.58. The largest absolute Gasteiger partial charge is 0.872 e. The lowest BCUT2D eigenvalue weighted by atomic mass is 9.99. The van der Waals surface area contributed by atoms with E-state index in [-0.39, 0.29) is 38.7 Å². The minimum Gasteiger partial charge on any atom is -0.872 e. The molecule has 0 radical (unpaired) electrons. The van der Waals surface area contributed by atoms with E-state index in [1.165, 1.54) is 36.4 Å². The number of hydrogen-bond acceptors (Lipinski definition) is 6. The van der Waals surface area contributed by atoms with Gasteiger partial charge in [-0.05, 0) is 39.5 Å². The Kier molecular flexibility index (Phi) is 2.66. The van der Waals surface area contributed by atoms with Gasteiger partial charge in [0, 0.05) is 5.39 Å². The van der Waals surface area contributed by atoms with Gasteiger partial charge in [-0.1, -0.05) is 29.7 Å². The Hall–Kier alpha value is -2.86. The maximum Gasteiger partial charge on any atom is 0.115 e. The third-order valence-electron chi connectivity index (χ3n) is 3.25. The Morgan fingerprint density at radius 1 is 1.00 bits per heavy atom. The van der Waals surface area contributed by atoms with Gasteiger partial charge in [0.15, 0.2) is 0 Å². The number of hydrogen-bond donors (Lipinski definition) is 2. The quantitative estimate of drug-likeness (QED) is 0.421. The summed E-state index contributed by atoms with van der Waals surface area (Å²) in [5.41, 5.74) is 2.14. The van der Waals surface area contributed by atoms with Crippen LogP contribution < -0.4 is 15.7 Å². The lowest BCUT2D eigenvalue weighted by Crippen LogP contribution is -2.00. The molecule has 3 aromatic carbocycles. The first-order chi connectivity index (χ1) is 9.67. The number of fused-ring (bicyclic) bond motifs is 2. The Morgan fingerprint density at radius 2 is 1.80 bits per heavy atom. The molecule has 0 aliphatic heterocycles. The van der Waals surface area contributed by atoms with Crippen molar-refractivity contribution >= 4 is 32.9 Å². The molecule has 0 spiro atoms. The van der Waals surface area contributed by atoms with Crippen molar-refractivity contribution in [2.24, 2.45) is 5.18 Å². The van der Waals surface area contributed by atoms with Crippen molar-refractivity contribution in [1.29, 1.82) is 0 Å². The van der Waals surface area contributed by atoms with Crippen LogP contribution in [0.3, 0.4) is 0 Å². The van der Waals surface area contributed by atoms with Crippen LogP contribution in [0, 0.1) is 4.91 Å². The van der Waals surface area contributed by atoms with E-state index >= 15 is 0 Å². The summed E-state index contributed by atoms with van der Waals surface area (Å²) in [6, 6.07) is 8.69. The first-order valence-electron chi connectivity index (χ1n) is 5.77. The maximum atomic E-state index is 12.4. The second kappa shape index (κ2) is 4.36. The van der Waals surface area contributed by atoms with Crippen LogP contribution in [0.4, 0.5) is 11.4 Å². The molecule has 2 N–H and O–H groups in total. The summed E-state index contributed by atoms with van der Waals surface area (Å²) in [4.78, 5) is 10.8. The fraction of sp³-hybridized carbons (Fsp3) is 0. The minimum absolute atomic E-state index is 0.00934. The van der Waals surface area contributed by atoms with Crippen molar-refractivity contribution in [3.63, 3.8) is 0 Å². The van der Waals surface area contributed by atoms with E-state index < -0.39 is 5.75 Å². The van der Waals surface area contributed by atoms with E-state index in [0.29, 0.717) is 0 Å². The van der Waals surface area contributed by atoms with Gasteiger partial charge in [0.2, 0.25) is 0 Å². The molecular weight excluding hydrogens is 260 g/mol. The number of nitrogens with zero attached hydrogens (tertiary/aromatic N) is 1. The van der Waals surface area contributed by atoms with E-state index in [1.54, 1.807) is 0 Å².